The number of ether oxygens (including phenoxy) is 2. The highest BCUT2D eigenvalue weighted by Gasteiger charge is 2.41. The number of nitrogens with zero attached hydrogens (tertiary/aromatic N) is 1. The zero-order chi connectivity index (χ0) is 12.3. The van der Waals surface area contributed by atoms with E-state index in [1.54, 1.807) is 7.11 Å². The Bertz CT molecular complexity index is 353. The van der Waals surface area contributed by atoms with E-state index in [9.17, 15) is 0 Å². The number of rotatable bonds is 6. The Kier molecular flexibility index (Phi) is 4.15. The fourth-order valence-electron chi connectivity index (χ4n) is 2.21. The summed E-state index contributed by atoms with van der Waals surface area (Å²) in [5, 5.41) is 7.25. The third kappa shape index (κ3) is 2.86. The molecule has 0 bridgehead atoms. The van der Waals surface area contributed by atoms with Gasteiger partial charge in [-0.3, -0.25) is 0 Å². The number of hydrogen-bond acceptors (Lipinski definition) is 5. The number of hydrogen-bond donors (Lipinski definition) is 1. The molecular weight excluding hydrogens is 220 g/mol. The Morgan fingerprint density at radius 3 is 3.00 bits per heavy atom. The first kappa shape index (κ1) is 12.5. The molecule has 0 spiro atoms. The van der Waals surface area contributed by atoms with Crippen molar-refractivity contribution in [1.82, 2.24) is 10.5 Å². The van der Waals surface area contributed by atoms with E-state index in [2.05, 4.69) is 10.5 Å². The lowest BCUT2D eigenvalue weighted by atomic mass is 9.85. The SMILES string of the molecule is CCOC1CC(NCc2cc(C)no2)C1OC. The van der Waals surface area contributed by atoms with Crippen molar-refractivity contribution in [2.45, 2.75) is 45.1 Å². The molecule has 0 amide bonds. The molecule has 0 saturated heterocycles. The molecule has 17 heavy (non-hydrogen) atoms. The molecule has 1 heterocycles. The molecule has 0 aliphatic heterocycles. The minimum atomic E-state index is 0.138. The molecule has 3 unspecified atom stereocenters. The average molecular weight is 240 g/mol. The van der Waals surface area contributed by atoms with Crippen LogP contribution in [0.15, 0.2) is 10.6 Å². The molecule has 1 N–H and O–H groups in total. The second-order valence-corrected chi connectivity index (χ2v) is 4.35. The van der Waals surface area contributed by atoms with Crippen LogP contribution in [0.3, 0.4) is 0 Å². The van der Waals surface area contributed by atoms with Crippen LogP contribution in [-0.4, -0.2) is 37.1 Å². The minimum absolute atomic E-state index is 0.138. The van der Waals surface area contributed by atoms with Crippen molar-refractivity contribution in [1.29, 1.82) is 0 Å². The molecule has 96 valence electrons. The minimum Gasteiger partial charge on any atom is -0.377 e. The number of aryl methyl sites for hydroxylation is 1. The van der Waals surface area contributed by atoms with Crippen LogP contribution in [0.25, 0.3) is 0 Å². The van der Waals surface area contributed by atoms with Gasteiger partial charge in [-0.1, -0.05) is 5.16 Å². The maximum Gasteiger partial charge on any atom is 0.150 e. The van der Waals surface area contributed by atoms with Crippen molar-refractivity contribution < 1.29 is 14.0 Å². The monoisotopic (exact) mass is 240 g/mol. The summed E-state index contributed by atoms with van der Waals surface area (Å²) >= 11 is 0. The van der Waals surface area contributed by atoms with E-state index in [1.165, 1.54) is 0 Å². The van der Waals surface area contributed by atoms with Crippen molar-refractivity contribution in [3.63, 3.8) is 0 Å². The summed E-state index contributed by atoms with van der Waals surface area (Å²) in [5.74, 6) is 0.859. The van der Waals surface area contributed by atoms with Gasteiger partial charge in [-0.25, -0.2) is 0 Å². The second-order valence-electron chi connectivity index (χ2n) is 4.35. The van der Waals surface area contributed by atoms with Crippen molar-refractivity contribution in [3.8, 4) is 0 Å². The maximum absolute atomic E-state index is 5.57. The van der Waals surface area contributed by atoms with Crippen LogP contribution in [0.1, 0.15) is 24.8 Å². The van der Waals surface area contributed by atoms with Crippen LogP contribution in [0.4, 0.5) is 0 Å². The van der Waals surface area contributed by atoms with Crippen molar-refractivity contribution >= 4 is 0 Å². The molecule has 1 aliphatic rings. The van der Waals surface area contributed by atoms with Gasteiger partial charge in [-0.05, 0) is 20.3 Å². The van der Waals surface area contributed by atoms with Crippen molar-refractivity contribution in [2.24, 2.45) is 0 Å². The van der Waals surface area contributed by atoms with Gasteiger partial charge in [0.15, 0.2) is 5.76 Å². The molecule has 5 nitrogen and oxygen atoms in total. The third-order valence-electron chi connectivity index (χ3n) is 3.12. The van der Waals surface area contributed by atoms with Gasteiger partial charge in [-0.2, -0.15) is 0 Å². The fourth-order valence-corrected chi connectivity index (χ4v) is 2.21. The number of nitrogens with one attached hydrogen (secondary N) is 1. The van der Waals surface area contributed by atoms with Crippen LogP contribution >= 0.6 is 0 Å². The van der Waals surface area contributed by atoms with Crippen LogP contribution < -0.4 is 5.32 Å². The Morgan fingerprint density at radius 1 is 1.59 bits per heavy atom. The van der Waals surface area contributed by atoms with E-state index in [1.807, 2.05) is 19.9 Å². The highest BCUT2D eigenvalue weighted by molar-refractivity contribution is 5.04. The molecule has 1 aliphatic carbocycles. The molecule has 0 aromatic carbocycles. The van der Waals surface area contributed by atoms with E-state index in [-0.39, 0.29) is 12.2 Å². The lowest BCUT2D eigenvalue weighted by Crippen LogP contribution is -2.59. The van der Waals surface area contributed by atoms with Gasteiger partial charge in [0.05, 0.1) is 24.4 Å². The van der Waals surface area contributed by atoms with Gasteiger partial charge in [0.25, 0.3) is 0 Å². The first-order valence-electron chi connectivity index (χ1n) is 6.04. The molecular formula is C12H20N2O3. The zero-order valence-electron chi connectivity index (χ0n) is 10.6. The first-order valence-corrected chi connectivity index (χ1v) is 6.04. The van der Waals surface area contributed by atoms with Gasteiger partial charge in [0.1, 0.15) is 0 Å². The lowest BCUT2D eigenvalue weighted by Gasteiger charge is -2.43. The normalized spacial score (nSPS) is 28.1. The van der Waals surface area contributed by atoms with Crippen LogP contribution in [0.5, 0.6) is 0 Å². The highest BCUT2D eigenvalue weighted by atomic mass is 16.5. The van der Waals surface area contributed by atoms with E-state index in [4.69, 9.17) is 14.0 Å². The zero-order valence-corrected chi connectivity index (χ0v) is 10.6. The predicted molar refractivity (Wildman–Crippen MR) is 62.7 cm³/mol. The van der Waals surface area contributed by atoms with Crippen molar-refractivity contribution in [3.05, 3.63) is 17.5 Å². The molecule has 5 heteroatoms. The lowest BCUT2D eigenvalue weighted by molar-refractivity contribution is -0.131. The Balaban J connectivity index is 1.77. The molecule has 1 aromatic heterocycles. The van der Waals surface area contributed by atoms with Gasteiger partial charge in [0.2, 0.25) is 0 Å². The topological polar surface area (TPSA) is 56.5 Å². The van der Waals surface area contributed by atoms with Gasteiger partial charge >= 0.3 is 0 Å². The van der Waals surface area contributed by atoms with E-state index >= 15 is 0 Å². The Hall–Kier alpha value is -0.910. The summed E-state index contributed by atoms with van der Waals surface area (Å²) in [6.07, 6.45) is 1.34. The molecule has 3 atom stereocenters. The van der Waals surface area contributed by atoms with Crippen LogP contribution in [-0.2, 0) is 16.0 Å². The Labute approximate surface area is 101 Å². The van der Waals surface area contributed by atoms with E-state index in [0.717, 1.165) is 24.5 Å². The fraction of sp³-hybridized carbons (Fsp3) is 0.750. The average Bonchev–Trinajstić information content (AvgIpc) is 2.69. The quantitative estimate of drug-likeness (QED) is 0.811. The number of aromatic nitrogens is 1. The first-order chi connectivity index (χ1) is 8.24. The van der Waals surface area contributed by atoms with E-state index < -0.39 is 0 Å². The van der Waals surface area contributed by atoms with E-state index in [0.29, 0.717) is 12.6 Å². The molecule has 1 aromatic rings. The summed E-state index contributed by atoms with van der Waals surface area (Å²) in [4.78, 5) is 0. The smallest absolute Gasteiger partial charge is 0.150 e. The highest BCUT2D eigenvalue weighted by Crippen LogP contribution is 2.27. The van der Waals surface area contributed by atoms with Gasteiger partial charge in [0, 0.05) is 25.8 Å². The third-order valence-corrected chi connectivity index (χ3v) is 3.12. The van der Waals surface area contributed by atoms with Crippen LogP contribution in [0, 0.1) is 6.92 Å². The van der Waals surface area contributed by atoms with Crippen LogP contribution in [0.2, 0.25) is 0 Å². The summed E-state index contributed by atoms with van der Waals surface area (Å²) in [7, 11) is 1.73. The summed E-state index contributed by atoms with van der Waals surface area (Å²) < 4.78 is 16.1. The summed E-state index contributed by atoms with van der Waals surface area (Å²) in [6.45, 7) is 5.34. The maximum atomic E-state index is 5.57. The molecule has 0 radical (unpaired) electrons. The summed E-state index contributed by atoms with van der Waals surface area (Å²) in [6, 6.07) is 2.27. The molecule has 2 rings (SSSR count). The van der Waals surface area contributed by atoms with Gasteiger partial charge in [-0.15, -0.1) is 0 Å². The second kappa shape index (κ2) is 5.62. The predicted octanol–water partition coefficient (Wildman–Crippen LogP) is 1.27. The molecule has 1 fully saturated rings. The number of methoxy groups -OCH3 is 1. The summed E-state index contributed by atoms with van der Waals surface area (Å²) in [5.41, 5.74) is 0.908. The van der Waals surface area contributed by atoms with Gasteiger partial charge < -0.3 is 19.3 Å². The van der Waals surface area contributed by atoms with Crippen molar-refractivity contribution in [2.75, 3.05) is 13.7 Å². The molecule has 1 saturated carbocycles. The standard InChI is InChI=1S/C12H20N2O3/c1-4-16-11-6-10(12(11)15-3)13-7-9-5-8(2)14-17-9/h5,10-13H,4,6-7H2,1-3H3. The largest absolute Gasteiger partial charge is 0.377 e. The Morgan fingerprint density at radius 2 is 2.41 bits per heavy atom.